The zero-order valence-electron chi connectivity index (χ0n) is 14.6. The second kappa shape index (κ2) is 7.10. The molecule has 13 heteroatoms. The fraction of sp³-hybridized carbons (Fsp3) is 0.188. The van der Waals surface area contributed by atoms with Crippen LogP contribution >= 0.6 is 57.7 Å². The lowest BCUT2D eigenvalue weighted by molar-refractivity contribution is -0.119. The van der Waals surface area contributed by atoms with E-state index in [1.807, 2.05) is 12.3 Å². The van der Waals surface area contributed by atoms with Crippen molar-refractivity contribution in [2.24, 2.45) is 0 Å². The number of rotatable bonds is 3. The zero-order valence-corrected chi connectivity index (χ0v) is 18.4. The topological polar surface area (TPSA) is 96.7 Å². The number of hydrogen-bond acceptors (Lipinski definition) is 6. The molecule has 8 nitrogen and oxygen atoms in total. The molecule has 0 saturated heterocycles. The van der Waals surface area contributed by atoms with Gasteiger partial charge in [-0.05, 0) is 13.8 Å². The molecule has 3 heterocycles. The molecule has 0 fully saturated rings. The number of fused-ring (bicyclic) bond motifs is 2. The lowest BCUT2D eigenvalue weighted by Crippen LogP contribution is -2.45. The Morgan fingerprint density at radius 3 is 2.14 bits per heavy atom. The third-order valence-electron chi connectivity index (χ3n) is 4.38. The summed E-state index contributed by atoms with van der Waals surface area (Å²) in [6.45, 7) is 3.22. The summed E-state index contributed by atoms with van der Waals surface area (Å²) in [6.07, 6.45) is 0. The zero-order chi connectivity index (χ0) is 21.2. The molecule has 1 aliphatic heterocycles. The van der Waals surface area contributed by atoms with Gasteiger partial charge in [-0.3, -0.25) is 24.6 Å². The Balaban J connectivity index is 1.64. The average Bonchev–Trinajstić information content (AvgIpc) is 3.30. The molecule has 0 saturated carbocycles. The highest BCUT2D eigenvalue weighted by atomic mass is 35.5. The van der Waals surface area contributed by atoms with E-state index in [-0.39, 0.29) is 37.2 Å². The maximum atomic E-state index is 12.8. The molecule has 150 valence electrons. The summed E-state index contributed by atoms with van der Waals surface area (Å²) in [6, 6.07) is -1.20. The van der Waals surface area contributed by atoms with Crippen molar-refractivity contribution < 1.29 is 14.4 Å². The summed E-state index contributed by atoms with van der Waals surface area (Å²) in [5.74, 6) is -2.21. The van der Waals surface area contributed by atoms with Crippen LogP contribution < -0.4 is 5.32 Å². The molecule has 29 heavy (non-hydrogen) atoms. The van der Waals surface area contributed by atoms with Crippen LogP contribution in [-0.2, 0) is 4.79 Å². The molecule has 3 amide bonds. The highest BCUT2D eigenvalue weighted by molar-refractivity contribution is 7.15. The van der Waals surface area contributed by atoms with Crippen LogP contribution in [0.3, 0.4) is 0 Å². The van der Waals surface area contributed by atoms with Crippen molar-refractivity contribution in [2.45, 2.75) is 19.9 Å². The summed E-state index contributed by atoms with van der Waals surface area (Å²) in [5.41, 5.74) is 0.475. The van der Waals surface area contributed by atoms with Crippen LogP contribution in [0.5, 0.6) is 0 Å². The Hall–Kier alpha value is -1.91. The number of aryl methyl sites for hydroxylation is 1. The largest absolute Gasteiger partial charge is 0.291 e. The maximum absolute atomic E-state index is 12.8. The third-order valence-corrected chi connectivity index (χ3v) is 7.12. The van der Waals surface area contributed by atoms with E-state index in [9.17, 15) is 14.4 Å². The van der Waals surface area contributed by atoms with E-state index in [1.165, 1.54) is 18.3 Å². The fourth-order valence-corrected chi connectivity index (χ4v) is 4.71. The number of hydrogen-bond donors (Lipinski definition) is 1. The summed E-state index contributed by atoms with van der Waals surface area (Å²) in [7, 11) is 0. The van der Waals surface area contributed by atoms with Crippen molar-refractivity contribution >= 4 is 86.4 Å². The Bertz CT molecular complexity index is 1190. The van der Waals surface area contributed by atoms with Crippen molar-refractivity contribution in [3.63, 3.8) is 0 Å². The molecule has 4 rings (SSSR count). The molecule has 1 aromatic carbocycles. The van der Waals surface area contributed by atoms with E-state index in [1.54, 1.807) is 4.52 Å². The molecule has 0 aliphatic carbocycles. The standard InChI is InChI=1S/C16H9Cl4N5O3S/c1-4-3-29-16-22-15(23-25(4)16)21-12(26)5(2)24-13(27)6-7(14(24)28)9(18)11(20)10(19)8(6)17/h3,5H,1-2H3,(H,21,23,26). The van der Waals surface area contributed by atoms with Crippen molar-refractivity contribution in [1.82, 2.24) is 19.5 Å². The SMILES string of the molecule is Cc1csc2nc(NC(=O)C(C)N3C(=O)c4c(Cl)c(Cl)c(Cl)c(Cl)c4C3=O)nn12. The average molecular weight is 493 g/mol. The second-order valence-electron chi connectivity index (χ2n) is 6.16. The Kier molecular flexibility index (Phi) is 4.99. The van der Waals surface area contributed by atoms with E-state index in [4.69, 9.17) is 46.4 Å². The normalized spacial score (nSPS) is 14.6. The lowest BCUT2D eigenvalue weighted by atomic mass is 10.1. The number of imide groups is 1. The molecule has 1 atom stereocenters. The minimum atomic E-state index is -1.20. The second-order valence-corrected chi connectivity index (χ2v) is 8.51. The first-order valence-electron chi connectivity index (χ1n) is 7.99. The molecule has 0 bridgehead atoms. The number of amides is 3. The molecule has 2 aromatic heterocycles. The van der Waals surface area contributed by atoms with E-state index in [0.29, 0.717) is 4.96 Å². The molecular formula is C16H9Cl4N5O3S. The van der Waals surface area contributed by atoms with Gasteiger partial charge in [0, 0.05) is 5.38 Å². The minimum Gasteiger partial charge on any atom is -0.291 e. The minimum absolute atomic E-state index is 0.0514. The fourth-order valence-electron chi connectivity index (χ4n) is 2.89. The number of benzene rings is 1. The van der Waals surface area contributed by atoms with Crippen LogP contribution in [0.15, 0.2) is 5.38 Å². The summed E-state index contributed by atoms with van der Waals surface area (Å²) >= 11 is 25.6. The number of thiazole rings is 1. The number of nitrogens with zero attached hydrogens (tertiary/aromatic N) is 4. The van der Waals surface area contributed by atoms with Crippen LogP contribution in [0.2, 0.25) is 20.1 Å². The number of aromatic nitrogens is 3. The summed E-state index contributed by atoms with van der Waals surface area (Å²) in [4.78, 5) is 43.9. The number of halogens is 4. The van der Waals surface area contributed by atoms with Gasteiger partial charge < -0.3 is 0 Å². The van der Waals surface area contributed by atoms with Gasteiger partial charge in [-0.1, -0.05) is 46.4 Å². The summed E-state index contributed by atoms with van der Waals surface area (Å²) in [5, 5.41) is 7.85. The van der Waals surface area contributed by atoms with Gasteiger partial charge in [0.15, 0.2) is 0 Å². The van der Waals surface area contributed by atoms with Gasteiger partial charge in [-0.2, -0.15) is 4.98 Å². The van der Waals surface area contributed by atoms with Crippen LogP contribution in [0.25, 0.3) is 4.96 Å². The van der Waals surface area contributed by atoms with Crippen LogP contribution in [0.4, 0.5) is 5.95 Å². The van der Waals surface area contributed by atoms with Crippen molar-refractivity contribution in [1.29, 1.82) is 0 Å². The Labute approximate surface area is 187 Å². The van der Waals surface area contributed by atoms with Crippen LogP contribution in [0, 0.1) is 6.92 Å². The first-order valence-corrected chi connectivity index (χ1v) is 10.4. The smallest absolute Gasteiger partial charge is 0.263 e. The van der Waals surface area contributed by atoms with Gasteiger partial charge in [-0.15, -0.1) is 16.4 Å². The molecular weight excluding hydrogens is 484 g/mol. The summed E-state index contributed by atoms with van der Waals surface area (Å²) < 4.78 is 1.57. The van der Waals surface area contributed by atoms with Crippen LogP contribution in [-0.4, -0.2) is 43.3 Å². The van der Waals surface area contributed by atoms with Gasteiger partial charge in [0.25, 0.3) is 17.8 Å². The van der Waals surface area contributed by atoms with Crippen LogP contribution in [0.1, 0.15) is 33.3 Å². The molecule has 0 spiro atoms. The number of anilines is 1. The highest BCUT2D eigenvalue weighted by Crippen LogP contribution is 2.45. The van der Waals surface area contributed by atoms with E-state index in [2.05, 4.69) is 15.4 Å². The Morgan fingerprint density at radius 2 is 1.62 bits per heavy atom. The lowest BCUT2D eigenvalue weighted by Gasteiger charge is -2.20. The van der Waals surface area contributed by atoms with Crippen molar-refractivity contribution in [2.75, 3.05) is 5.32 Å². The molecule has 1 unspecified atom stereocenters. The van der Waals surface area contributed by atoms with Gasteiger partial charge in [0.2, 0.25) is 10.9 Å². The first kappa shape index (κ1) is 20.4. The molecule has 1 N–H and O–H groups in total. The number of carbonyl (C=O) groups is 3. The van der Waals surface area contributed by atoms with Crippen molar-refractivity contribution in [3.05, 3.63) is 42.3 Å². The van der Waals surface area contributed by atoms with E-state index in [0.717, 1.165) is 10.6 Å². The van der Waals surface area contributed by atoms with Gasteiger partial charge in [-0.25, -0.2) is 4.52 Å². The monoisotopic (exact) mass is 491 g/mol. The Morgan fingerprint density at radius 1 is 1.07 bits per heavy atom. The predicted molar refractivity (Wildman–Crippen MR) is 111 cm³/mol. The predicted octanol–water partition coefficient (Wildman–Crippen LogP) is 4.34. The van der Waals surface area contributed by atoms with E-state index >= 15 is 0 Å². The highest BCUT2D eigenvalue weighted by Gasteiger charge is 2.45. The number of nitrogens with one attached hydrogen (secondary N) is 1. The van der Waals surface area contributed by atoms with Gasteiger partial charge in [0.1, 0.15) is 6.04 Å². The van der Waals surface area contributed by atoms with Crippen molar-refractivity contribution in [3.8, 4) is 0 Å². The maximum Gasteiger partial charge on any atom is 0.263 e. The number of carbonyl (C=O) groups excluding carboxylic acids is 3. The first-order chi connectivity index (χ1) is 13.6. The molecule has 0 radical (unpaired) electrons. The molecule has 3 aromatic rings. The quantitative estimate of drug-likeness (QED) is 0.333. The molecule has 1 aliphatic rings. The third kappa shape index (κ3) is 3.00. The van der Waals surface area contributed by atoms with Gasteiger partial charge in [0.05, 0.1) is 36.9 Å². The van der Waals surface area contributed by atoms with Gasteiger partial charge >= 0.3 is 0 Å². The van der Waals surface area contributed by atoms with E-state index < -0.39 is 23.8 Å².